The van der Waals surface area contributed by atoms with Crippen molar-refractivity contribution in [1.82, 2.24) is 19.5 Å². The standard InChI is InChI=1S/C26H21ClF2N4O3S/c1-13-9-32-24(16-5-4-6-20(22(16)28)37(3,35)36)23(29)25(13)33-14(2)7-19(21(27)26(33)34)18-8-17(18)15-10-30-12-31-11-15/h4-7,9-12,17-18H,8H2,1-3H3/t17-,18+/m1/s1. The van der Waals surface area contributed by atoms with Gasteiger partial charge in [-0.2, -0.15) is 0 Å². The molecule has 0 saturated heterocycles. The number of hydrogen-bond acceptors (Lipinski definition) is 6. The minimum atomic E-state index is -3.90. The molecule has 0 N–H and O–H groups in total. The highest BCUT2D eigenvalue weighted by atomic mass is 35.5. The lowest BCUT2D eigenvalue weighted by Crippen LogP contribution is -2.24. The molecule has 190 valence electrons. The van der Waals surface area contributed by atoms with E-state index in [0.717, 1.165) is 28.9 Å². The normalized spacial score (nSPS) is 17.1. The first kappa shape index (κ1) is 25.2. The highest BCUT2D eigenvalue weighted by molar-refractivity contribution is 7.90. The molecule has 3 heterocycles. The summed E-state index contributed by atoms with van der Waals surface area (Å²) in [5.41, 5.74) is 0.870. The van der Waals surface area contributed by atoms with E-state index in [1.165, 1.54) is 24.7 Å². The molecule has 1 fully saturated rings. The summed E-state index contributed by atoms with van der Waals surface area (Å²) >= 11 is 6.54. The summed E-state index contributed by atoms with van der Waals surface area (Å²) in [5, 5.41) is -0.0302. The quantitative estimate of drug-likeness (QED) is 0.355. The van der Waals surface area contributed by atoms with Crippen molar-refractivity contribution in [3.63, 3.8) is 0 Å². The van der Waals surface area contributed by atoms with Crippen LogP contribution in [0.5, 0.6) is 0 Å². The van der Waals surface area contributed by atoms with Crippen LogP contribution in [0.15, 0.2) is 58.9 Å². The molecule has 1 saturated carbocycles. The summed E-state index contributed by atoms with van der Waals surface area (Å²) in [7, 11) is -3.90. The molecule has 11 heteroatoms. The van der Waals surface area contributed by atoms with Gasteiger partial charge in [-0.25, -0.2) is 27.2 Å². The van der Waals surface area contributed by atoms with Crippen LogP contribution in [0.4, 0.5) is 8.78 Å². The largest absolute Gasteiger partial charge is 0.277 e. The second kappa shape index (κ2) is 9.11. The van der Waals surface area contributed by atoms with E-state index in [9.17, 15) is 13.2 Å². The van der Waals surface area contributed by atoms with Gasteiger partial charge in [-0.05, 0) is 67.0 Å². The summed E-state index contributed by atoms with van der Waals surface area (Å²) in [4.78, 5) is 25.0. The first-order chi connectivity index (χ1) is 17.5. The van der Waals surface area contributed by atoms with Gasteiger partial charge in [0.2, 0.25) is 0 Å². The molecule has 3 aromatic heterocycles. The Bertz CT molecular complexity index is 1730. The molecular formula is C26H21ClF2N4O3S. The fraction of sp³-hybridized carbons (Fsp3) is 0.231. The van der Waals surface area contributed by atoms with E-state index >= 15 is 8.78 Å². The molecule has 7 nitrogen and oxygen atoms in total. The number of nitrogens with zero attached hydrogens (tertiary/aromatic N) is 4. The number of rotatable bonds is 5. The van der Waals surface area contributed by atoms with E-state index in [4.69, 9.17) is 11.6 Å². The van der Waals surface area contributed by atoms with Crippen LogP contribution < -0.4 is 5.56 Å². The molecule has 37 heavy (non-hydrogen) atoms. The van der Waals surface area contributed by atoms with Crippen LogP contribution in [0.1, 0.15) is 40.6 Å². The maximum atomic E-state index is 16.0. The number of halogens is 3. The SMILES string of the molecule is Cc1cnc(-c2cccc(S(C)(=O)=O)c2F)c(F)c1-n1c(C)cc([C@H]2C[C@@H]2c2cncnc2)c(Cl)c1=O. The van der Waals surface area contributed by atoms with Crippen LogP contribution in [0.3, 0.4) is 0 Å². The predicted molar refractivity (Wildman–Crippen MR) is 135 cm³/mol. The van der Waals surface area contributed by atoms with Gasteiger partial charge in [0.15, 0.2) is 21.5 Å². The van der Waals surface area contributed by atoms with Gasteiger partial charge in [-0.1, -0.05) is 17.7 Å². The third-order valence-electron chi connectivity index (χ3n) is 6.58. The zero-order valence-corrected chi connectivity index (χ0v) is 21.6. The van der Waals surface area contributed by atoms with E-state index < -0.39 is 37.6 Å². The molecule has 5 rings (SSSR count). The molecule has 1 aliphatic carbocycles. The molecule has 0 radical (unpaired) electrons. The highest BCUT2D eigenvalue weighted by Crippen LogP contribution is 2.55. The third kappa shape index (κ3) is 4.34. The number of pyridine rings is 2. The number of sulfone groups is 1. The van der Waals surface area contributed by atoms with Crippen LogP contribution in [0, 0.1) is 25.5 Å². The van der Waals surface area contributed by atoms with Crippen LogP contribution in [0.2, 0.25) is 5.02 Å². The topological polar surface area (TPSA) is 94.8 Å². The van der Waals surface area contributed by atoms with Gasteiger partial charge in [0.05, 0.1) is 5.69 Å². The van der Waals surface area contributed by atoms with Crippen molar-refractivity contribution in [1.29, 1.82) is 0 Å². The molecule has 1 aromatic carbocycles. The molecule has 0 spiro atoms. The van der Waals surface area contributed by atoms with Gasteiger partial charge in [-0.3, -0.25) is 14.3 Å². The molecule has 1 aliphatic rings. The zero-order chi connectivity index (χ0) is 26.6. The summed E-state index contributed by atoms with van der Waals surface area (Å²) in [6, 6.07) is 5.40. The first-order valence-electron chi connectivity index (χ1n) is 11.3. The lowest BCUT2D eigenvalue weighted by Gasteiger charge is -2.18. The number of aryl methyl sites for hydroxylation is 2. The maximum Gasteiger partial charge on any atom is 0.274 e. The van der Waals surface area contributed by atoms with Crippen molar-refractivity contribution in [2.24, 2.45) is 0 Å². The van der Waals surface area contributed by atoms with Gasteiger partial charge >= 0.3 is 0 Å². The van der Waals surface area contributed by atoms with Crippen LogP contribution in [-0.2, 0) is 9.84 Å². The van der Waals surface area contributed by atoms with Crippen molar-refractivity contribution in [2.45, 2.75) is 37.0 Å². The minimum Gasteiger partial charge on any atom is -0.277 e. The Balaban J connectivity index is 1.63. The number of aromatic nitrogens is 4. The number of benzene rings is 1. The Morgan fingerprint density at radius 1 is 1.05 bits per heavy atom. The zero-order valence-electron chi connectivity index (χ0n) is 20.0. The van der Waals surface area contributed by atoms with Crippen molar-refractivity contribution in [3.05, 3.63) is 98.6 Å². The fourth-order valence-corrected chi connectivity index (χ4v) is 5.74. The monoisotopic (exact) mass is 542 g/mol. The van der Waals surface area contributed by atoms with Crippen molar-refractivity contribution < 1.29 is 17.2 Å². The molecule has 0 bridgehead atoms. The van der Waals surface area contributed by atoms with Gasteiger partial charge in [0.1, 0.15) is 21.9 Å². The van der Waals surface area contributed by atoms with Crippen molar-refractivity contribution in [3.8, 4) is 16.9 Å². The minimum absolute atomic E-state index is 0.00585. The second-order valence-electron chi connectivity index (χ2n) is 9.16. The van der Waals surface area contributed by atoms with E-state index in [1.807, 2.05) is 0 Å². The summed E-state index contributed by atoms with van der Waals surface area (Å²) in [6.07, 6.45) is 7.85. The Hall–Kier alpha value is -3.50. The lowest BCUT2D eigenvalue weighted by atomic mass is 10.0. The Morgan fingerprint density at radius 3 is 2.43 bits per heavy atom. The van der Waals surface area contributed by atoms with E-state index in [2.05, 4.69) is 15.0 Å². The van der Waals surface area contributed by atoms with Gasteiger partial charge in [0.25, 0.3) is 5.56 Å². The van der Waals surface area contributed by atoms with Crippen molar-refractivity contribution in [2.75, 3.05) is 6.26 Å². The Kier molecular flexibility index (Phi) is 6.19. The van der Waals surface area contributed by atoms with E-state index in [0.29, 0.717) is 16.8 Å². The molecular weight excluding hydrogens is 522 g/mol. The van der Waals surface area contributed by atoms with Crippen molar-refractivity contribution >= 4 is 21.4 Å². The van der Waals surface area contributed by atoms with Gasteiger partial charge in [0, 0.05) is 36.1 Å². The summed E-state index contributed by atoms with van der Waals surface area (Å²) < 4.78 is 56.2. The van der Waals surface area contributed by atoms with Crippen LogP contribution >= 0.6 is 11.6 Å². The van der Waals surface area contributed by atoms with E-state index in [1.54, 1.807) is 32.3 Å². The Morgan fingerprint density at radius 2 is 1.76 bits per heavy atom. The summed E-state index contributed by atoms with van der Waals surface area (Å²) in [5.74, 6) is -1.95. The third-order valence-corrected chi connectivity index (χ3v) is 8.07. The van der Waals surface area contributed by atoms with Gasteiger partial charge in [-0.15, -0.1) is 0 Å². The van der Waals surface area contributed by atoms with Crippen LogP contribution in [-0.4, -0.2) is 34.2 Å². The lowest BCUT2D eigenvalue weighted by molar-refractivity contribution is 0.569. The first-order valence-corrected chi connectivity index (χ1v) is 13.6. The van der Waals surface area contributed by atoms with Gasteiger partial charge < -0.3 is 0 Å². The van der Waals surface area contributed by atoms with E-state index in [-0.39, 0.29) is 28.1 Å². The average Bonchev–Trinajstić information content (AvgIpc) is 3.64. The predicted octanol–water partition coefficient (Wildman–Crippen LogP) is 4.91. The maximum absolute atomic E-state index is 16.0. The second-order valence-corrected chi connectivity index (χ2v) is 11.5. The van der Waals surface area contributed by atoms with Crippen LogP contribution in [0.25, 0.3) is 16.9 Å². The molecule has 4 aromatic rings. The fourth-order valence-electron chi connectivity index (χ4n) is 4.70. The molecule has 2 atom stereocenters. The average molecular weight is 543 g/mol. The Labute approximate surface area is 216 Å². The molecule has 0 aliphatic heterocycles. The smallest absolute Gasteiger partial charge is 0.274 e. The summed E-state index contributed by atoms with van der Waals surface area (Å²) in [6.45, 7) is 3.23. The molecule has 0 amide bonds. The number of hydrogen-bond donors (Lipinski definition) is 0. The highest BCUT2D eigenvalue weighted by Gasteiger charge is 2.42. The molecule has 0 unspecified atom stereocenters.